The lowest BCUT2D eigenvalue weighted by Gasteiger charge is -2.27. The molecule has 0 unspecified atom stereocenters. The second kappa shape index (κ2) is 7.74. The minimum Gasteiger partial charge on any atom is -0.378 e. The number of carbonyl (C=O) groups excluding carboxylic acids is 1. The fourth-order valence-corrected chi connectivity index (χ4v) is 2.40. The molecule has 2 N–H and O–H groups in total. The smallest absolute Gasteiger partial charge is 0.319 e. The minimum absolute atomic E-state index is 0.267. The second-order valence-corrected chi connectivity index (χ2v) is 5.62. The van der Waals surface area contributed by atoms with E-state index in [2.05, 4.69) is 25.5 Å². The maximum atomic E-state index is 11.9. The van der Waals surface area contributed by atoms with E-state index < -0.39 is 0 Å². The zero-order valence-corrected chi connectivity index (χ0v) is 13.7. The van der Waals surface area contributed by atoms with E-state index in [0.717, 1.165) is 43.4 Å². The third-order valence-corrected chi connectivity index (χ3v) is 3.77. The van der Waals surface area contributed by atoms with Crippen molar-refractivity contribution in [3.8, 4) is 0 Å². The van der Waals surface area contributed by atoms with Crippen LogP contribution in [0.3, 0.4) is 0 Å². The first-order valence-corrected chi connectivity index (χ1v) is 7.96. The molecule has 2 aromatic rings. The van der Waals surface area contributed by atoms with Crippen molar-refractivity contribution < 1.29 is 9.53 Å². The highest BCUT2D eigenvalue weighted by molar-refractivity contribution is 5.89. The van der Waals surface area contributed by atoms with Crippen LogP contribution in [0, 0.1) is 6.92 Å². The lowest BCUT2D eigenvalue weighted by molar-refractivity contribution is 0.122. The molecule has 1 saturated heterocycles. The van der Waals surface area contributed by atoms with E-state index in [0.29, 0.717) is 12.2 Å². The van der Waals surface area contributed by atoms with Crippen molar-refractivity contribution in [3.63, 3.8) is 0 Å². The highest BCUT2D eigenvalue weighted by Crippen LogP contribution is 2.15. The number of morpholine rings is 1. The molecule has 0 aliphatic carbocycles. The Bertz CT molecular complexity index is 666. The van der Waals surface area contributed by atoms with Gasteiger partial charge in [0.2, 0.25) is 0 Å². The summed E-state index contributed by atoms with van der Waals surface area (Å²) in [4.78, 5) is 22.7. The molecule has 1 fully saturated rings. The summed E-state index contributed by atoms with van der Waals surface area (Å²) < 4.78 is 5.33. The molecule has 2 amide bonds. The standard InChI is InChI=1S/C17H21N5O2/c1-13-2-3-14(10-18-13)11-20-17(23)21-15-4-5-16(19-12-15)22-6-8-24-9-7-22/h2-5,10,12H,6-9,11H2,1H3,(H2,20,21,23). The molecule has 0 atom stereocenters. The number of anilines is 2. The van der Waals surface area contributed by atoms with Crippen LogP contribution in [-0.2, 0) is 11.3 Å². The lowest BCUT2D eigenvalue weighted by atomic mass is 10.2. The van der Waals surface area contributed by atoms with Crippen LogP contribution < -0.4 is 15.5 Å². The Morgan fingerprint density at radius 2 is 2.00 bits per heavy atom. The number of nitrogens with zero attached hydrogens (tertiary/aromatic N) is 3. The number of amides is 2. The largest absolute Gasteiger partial charge is 0.378 e. The molecule has 0 saturated carbocycles. The summed E-state index contributed by atoms with van der Waals surface area (Å²) >= 11 is 0. The van der Waals surface area contributed by atoms with E-state index in [1.165, 1.54) is 0 Å². The molecular formula is C17H21N5O2. The predicted octanol–water partition coefficient (Wildman–Crippen LogP) is 1.94. The molecule has 7 heteroatoms. The Labute approximate surface area is 141 Å². The normalized spacial score (nSPS) is 14.3. The van der Waals surface area contributed by atoms with Gasteiger partial charge in [-0.15, -0.1) is 0 Å². The number of pyridine rings is 2. The van der Waals surface area contributed by atoms with Crippen LogP contribution in [-0.4, -0.2) is 42.3 Å². The molecule has 3 rings (SSSR count). The first kappa shape index (κ1) is 16.2. The fourth-order valence-electron chi connectivity index (χ4n) is 2.40. The van der Waals surface area contributed by atoms with Gasteiger partial charge in [0.05, 0.1) is 25.1 Å². The molecular weight excluding hydrogens is 306 g/mol. The molecule has 126 valence electrons. The summed E-state index contributed by atoms with van der Waals surface area (Å²) in [5.74, 6) is 0.898. The fraction of sp³-hybridized carbons (Fsp3) is 0.353. The monoisotopic (exact) mass is 327 g/mol. The van der Waals surface area contributed by atoms with Crippen LogP contribution in [0.5, 0.6) is 0 Å². The average molecular weight is 327 g/mol. The molecule has 2 aromatic heterocycles. The van der Waals surface area contributed by atoms with Crippen LogP contribution in [0.4, 0.5) is 16.3 Å². The third-order valence-electron chi connectivity index (χ3n) is 3.77. The number of rotatable bonds is 4. The van der Waals surface area contributed by atoms with Gasteiger partial charge in [0.1, 0.15) is 5.82 Å². The quantitative estimate of drug-likeness (QED) is 0.897. The van der Waals surface area contributed by atoms with Crippen LogP contribution in [0.1, 0.15) is 11.3 Å². The summed E-state index contributed by atoms with van der Waals surface area (Å²) in [5.41, 5.74) is 2.57. The van der Waals surface area contributed by atoms with Gasteiger partial charge in [0.15, 0.2) is 0 Å². The highest BCUT2D eigenvalue weighted by Gasteiger charge is 2.12. The molecule has 0 aromatic carbocycles. The van der Waals surface area contributed by atoms with Crippen molar-refractivity contribution in [2.45, 2.75) is 13.5 Å². The van der Waals surface area contributed by atoms with Crippen LogP contribution in [0.15, 0.2) is 36.7 Å². The van der Waals surface area contributed by atoms with Gasteiger partial charge in [-0.3, -0.25) is 4.98 Å². The Kier molecular flexibility index (Phi) is 5.22. The van der Waals surface area contributed by atoms with Gasteiger partial charge in [0.25, 0.3) is 0 Å². The number of aryl methyl sites for hydroxylation is 1. The number of ether oxygens (including phenoxy) is 1. The second-order valence-electron chi connectivity index (χ2n) is 5.62. The molecule has 24 heavy (non-hydrogen) atoms. The SMILES string of the molecule is Cc1ccc(CNC(=O)Nc2ccc(N3CCOCC3)nc2)cn1. The number of hydrogen-bond donors (Lipinski definition) is 2. The summed E-state index contributed by atoms with van der Waals surface area (Å²) in [5, 5.41) is 5.58. The molecule has 0 bridgehead atoms. The van der Waals surface area contributed by atoms with Gasteiger partial charge in [-0.2, -0.15) is 0 Å². The van der Waals surface area contributed by atoms with Crippen LogP contribution in [0.25, 0.3) is 0 Å². The van der Waals surface area contributed by atoms with Crippen LogP contribution in [0.2, 0.25) is 0 Å². The lowest BCUT2D eigenvalue weighted by Crippen LogP contribution is -2.36. The molecule has 7 nitrogen and oxygen atoms in total. The minimum atomic E-state index is -0.267. The zero-order chi connectivity index (χ0) is 16.8. The topological polar surface area (TPSA) is 79.4 Å². The summed E-state index contributed by atoms with van der Waals surface area (Å²) in [6.45, 7) is 5.47. The van der Waals surface area contributed by atoms with Crippen molar-refractivity contribution in [1.29, 1.82) is 0 Å². The summed E-state index contributed by atoms with van der Waals surface area (Å²) in [7, 11) is 0. The summed E-state index contributed by atoms with van der Waals surface area (Å²) in [6, 6.07) is 7.36. The Balaban J connectivity index is 1.49. The predicted molar refractivity (Wildman–Crippen MR) is 92.1 cm³/mol. The van der Waals surface area contributed by atoms with E-state index in [-0.39, 0.29) is 6.03 Å². The molecule has 1 aliphatic rings. The number of nitrogens with one attached hydrogen (secondary N) is 2. The van der Waals surface area contributed by atoms with Crippen molar-refractivity contribution >= 4 is 17.5 Å². The first-order valence-electron chi connectivity index (χ1n) is 7.96. The first-order chi connectivity index (χ1) is 11.7. The number of aromatic nitrogens is 2. The molecule has 0 radical (unpaired) electrons. The van der Waals surface area contributed by atoms with Gasteiger partial charge in [-0.1, -0.05) is 6.07 Å². The Hall–Kier alpha value is -2.67. The number of hydrogen-bond acceptors (Lipinski definition) is 5. The van der Waals surface area contributed by atoms with E-state index in [9.17, 15) is 4.79 Å². The number of urea groups is 1. The van der Waals surface area contributed by atoms with Crippen molar-refractivity contribution in [1.82, 2.24) is 15.3 Å². The van der Waals surface area contributed by atoms with Crippen molar-refractivity contribution in [3.05, 3.63) is 47.9 Å². The maximum Gasteiger partial charge on any atom is 0.319 e. The van der Waals surface area contributed by atoms with Crippen molar-refractivity contribution in [2.24, 2.45) is 0 Å². The van der Waals surface area contributed by atoms with Gasteiger partial charge in [-0.25, -0.2) is 9.78 Å². The van der Waals surface area contributed by atoms with Gasteiger partial charge in [0, 0.05) is 31.5 Å². The zero-order valence-electron chi connectivity index (χ0n) is 13.7. The van der Waals surface area contributed by atoms with E-state index in [1.807, 2.05) is 31.2 Å². The number of carbonyl (C=O) groups is 1. The molecule has 3 heterocycles. The van der Waals surface area contributed by atoms with Gasteiger partial charge >= 0.3 is 6.03 Å². The van der Waals surface area contributed by atoms with Crippen LogP contribution >= 0.6 is 0 Å². The van der Waals surface area contributed by atoms with Gasteiger partial charge < -0.3 is 20.3 Å². The highest BCUT2D eigenvalue weighted by atomic mass is 16.5. The maximum absolute atomic E-state index is 11.9. The molecule has 1 aliphatic heterocycles. The molecule has 0 spiro atoms. The Morgan fingerprint density at radius 3 is 2.67 bits per heavy atom. The van der Waals surface area contributed by atoms with E-state index in [4.69, 9.17) is 4.74 Å². The average Bonchev–Trinajstić information content (AvgIpc) is 2.63. The van der Waals surface area contributed by atoms with E-state index in [1.54, 1.807) is 12.4 Å². The third kappa shape index (κ3) is 4.42. The van der Waals surface area contributed by atoms with Crippen molar-refractivity contribution in [2.75, 3.05) is 36.5 Å². The Morgan fingerprint density at radius 1 is 1.17 bits per heavy atom. The van der Waals surface area contributed by atoms with Gasteiger partial charge in [-0.05, 0) is 30.7 Å². The summed E-state index contributed by atoms with van der Waals surface area (Å²) in [6.07, 6.45) is 3.42. The van der Waals surface area contributed by atoms with E-state index >= 15 is 0 Å².